The van der Waals surface area contributed by atoms with Crippen LogP contribution in [0.3, 0.4) is 0 Å². The fraction of sp³-hybridized carbons (Fsp3) is 0. The maximum absolute atomic E-state index is 10.3. The van der Waals surface area contributed by atoms with E-state index < -0.39 is 0 Å². The number of hydrogen-bond donors (Lipinski definition) is 2. The molecule has 0 unspecified atom stereocenters. The van der Waals surface area contributed by atoms with Crippen LogP contribution in [0.1, 0.15) is 5.56 Å². The summed E-state index contributed by atoms with van der Waals surface area (Å²) in [6.45, 7) is 0. The number of rotatable bonds is 3. The van der Waals surface area contributed by atoms with E-state index in [2.05, 4.69) is 31.4 Å². The van der Waals surface area contributed by atoms with Gasteiger partial charge in [0, 0.05) is 34.9 Å². The van der Waals surface area contributed by atoms with E-state index in [1.165, 1.54) is 0 Å². The average Bonchev–Trinajstić information content (AvgIpc) is 3.33. The minimum Gasteiger partial charge on any atom is -0.494 e. The van der Waals surface area contributed by atoms with E-state index in [0.717, 1.165) is 33.1 Å². The first kappa shape index (κ1) is 15.7. The first-order chi connectivity index (χ1) is 13.3. The Bertz CT molecular complexity index is 1280. The lowest BCUT2D eigenvalue weighted by atomic mass is 10.1. The highest BCUT2D eigenvalue weighted by Gasteiger charge is 2.12. The maximum atomic E-state index is 10.3. The molecule has 5 nitrogen and oxygen atoms in total. The molecule has 0 spiro atoms. The lowest BCUT2D eigenvalue weighted by molar-refractivity contribution is 0.457. The summed E-state index contributed by atoms with van der Waals surface area (Å²) in [5.74, 6) is 0.0527. The number of nitrogens with zero attached hydrogens (tertiary/aromatic N) is 3. The number of benzene rings is 1. The van der Waals surface area contributed by atoms with Gasteiger partial charge in [0.15, 0.2) is 5.88 Å². The van der Waals surface area contributed by atoms with Gasteiger partial charge in [0.05, 0.1) is 16.8 Å². The van der Waals surface area contributed by atoms with Crippen LogP contribution >= 0.6 is 11.3 Å². The highest BCUT2D eigenvalue weighted by atomic mass is 32.1. The minimum absolute atomic E-state index is 0.0527. The van der Waals surface area contributed by atoms with Crippen molar-refractivity contribution in [3.05, 3.63) is 71.2 Å². The summed E-state index contributed by atoms with van der Waals surface area (Å²) in [5, 5.41) is 16.3. The summed E-state index contributed by atoms with van der Waals surface area (Å²) in [6.07, 6.45) is 5.22. The average molecular weight is 370 g/mol. The SMILES string of the molecule is Oc1[nH]c2ncc(-c3ccsc3)cc2c1C=Nc1cccc2cccnc12. The maximum Gasteiger partial charge on any atom is 0.199 e. The number of aromatic nitrogens is 3. The number of pyridine rings is 2. The van der Waals surface area contributed by atoms with Gasteiger partial charge >= 0.3 is 0 Å². The summed E-state index contributed by atoms with van der Waals surface area (Å²) >= 11 is 1.64. The van der Waals surface area contributed by atoms with Crippen molar-refractivity contribution in [2.24, 2.45) is 4.99 Å². The fourth-order valence-corrected chi connectivity index (χ4v) is 3.79. The van der Waals surface area contributed by atoms with Gasteiger partial charge in [-0.1, -0.05) is 18.2 Å². The lowest BCUT2D eigenvalue weighted by Gasteiger charge is -2.01. The summed E-state index contributed by atoms with van der Waals surface area (Å²) in [5.41, 5.74) is 4.93. The zero-order valence-electron chi connectivity index (χ0n) is 14.1. The molecule has 0 saturated heterocycles. The molecule has 5 rings (SSSR count). The smallest absolute Gasteiger partial charge is 0.199 e. The quantitative estimate of drug-likeness (QED) is 0.423. The number of aliphatic imine (C=N–C) groups is 1. The van der Waals surface area contributed by atoms with E-state index in [4.69, 9.17) is 0 Å². The number of aromatic amines is 1. The molecule has 4 aromatic heterocycles. The first-order valence-corrected chi connectivity index (χ1v) is 9.35. The zero-order chi connectivity index (χ0) is 18.2. The van der Waals surface area contributed by atoms with Crippen molar-refractivity contribution in [1.29, 1.82) is 0 Å². The third-order valence-corrected chi connectivity index (χ3v) is 5.15. The summed E-state index contributed by atoms with van der Waals surface area (Å²) < 4.78 is 0. The summed E-state index contributed by atoms with van der Waals surface area (Å²) in [7, 11) is 0. The van der Waals surface area contributed by atoms with Gasteiger partial charge in [-0.15, -0.1) is 0 Å². The Labute approximate surface area is 158 Å². The van der Waals surface area contributed by atoms with Crippen LogP contribution in [0, 0.1) is 0 Å². The third-order valence-electron chi connectivity index (χ3n) is 4.47. The van der Waals surface area contributed by atoms with Gasteiger partial charge in [0.25, 0.3) is 0 Å². The van der Waals surface area contributed by atoms with Crippen LogP contribution < -0.4 is 0 Å². The van der Waals surface area contributed by atoms with Crippen molar-refractivity contribution in [2.45, 2.75) is 0 Å². The number of nitrogens with one attached hydrogen (secondary N) is 1. The van der Waals surface area contributed by atoms with Gasteiger partial charge in [-0.05, 0) is 40.6 Å². The molecule has 4 heterocycles. The number of thiophene rings is 1. The number of H-pyrrole nitrogens is 1. The van der Waals surface area contributed by atoms with Crippen molar-refractivity contribution in [3.63, 3.8) is 0 Å². The monoisotopic (exact) mass is 370 g/mol. The molecule has 0 aliphatic heterocycles. The molecule has 0 radical (unpaired) electrons. The molecule has 0 atom stereocenters. The molecule has 0 fully saturated rings. The van der Waals surface area contributed by atoms with Gasteiger partial charge in [0.2, 0.25) is 0 Å². The first-order valence-electron chi connectivity index (χ1n) is 8.41. The van der Waals surface area contributed by atoms with E-state index in [9.17, 15) is 5.11 Å². The third kappa shape index (κ3) is 2.76. The number of aromatic hydroxyl groups is 1. The van der Waals surface area contributed by atoms with E-state index in [1.807, 2.05) is 41.8 Å². The van der Waals surface area contributed by atoms with Gasteiger partial charge in [-0.2, -0.15) is 11.3 Å². The Morgan fingerprint density at radius 2 is 2.00 bits per heavy atom. The molecule has 0 amide bonds. The normalized spacial score (nSPS) is 11.7. The predicted octanol–water partition coefficient (Wildman–Crippen LogP) is 5.30. The second-order valence-electron chi connectivity index (χ2n) is 6.13. The molecule has 1 aromatic carbocycles. The predicted molar refractivity (Wildman–Crippen MR) is 110 cm³/mol. The van der Waals surface area contributed by atoms with Gasteiger partial charge in [0.1, 0.15) is 5.65 Å². The largest absolute Gasteiger partial charge is 0.494 e. The molecule has 0 saturated carbocycles. The second-order valence-corrected chi connectivity index (χ2v) is 6.91. The van der Waals surface area contributed by atoms with Crippen LogP contribution in [0.5, 0.6) is 5.88 Å². The Morgan fingerprint density at radius 1 is 1.07 bits per heavy atom. The Morgan fingerprint density at radius 3 is 2.89 bits per heavy atom. The van der Waals surface area contributed by atoms with Crippen molar-refractivity contribution < 1.29 is 5.11 Å². The van der Waals surface area contributed by atoms with Crippen LogP contribution in [-0.4, -0.2) is 26.3 Å². The van der Waals surface area contributed by atoms with E-state index in [-0.39, 0.29) is 5.88 Å². The molecule has 5 aromatic rings. The molecular formula is C21H14N4OS. The van der Waals surface area contributed by atoms with Crippen LogP contribution in [0.15, 0.2) is 70.6 Å². The Kier molecular flexibility index (Phi) is 3.69. The number of para-hydroxylation sites is 1. The molecule has 6 heteroatoms. The van der Waals surface area contributed by atoms with Gasteiger partial charge in [-0.25, -0.2) is 4.98 Å². The van der Waals surface area contributed by atoms with Crippen molar-refractivity contribution in [2.75, 3.05) is 0 Å². The molecule has 0 aliphatic rings. The van der Waals surface area contributed by atoms with Crippen molar-refractivity contribution >= 4 is 45.2 Å². The van der Waals surface area contributed by atoms with E-state index in [1.54, 1.807) is 29.9 Å². The second kappa shape index (κ2) is 6.34. The highest BCUT2D eigenvalue weighted by Crippen LogP contribution is 2.30. The number of fused-ring (bicyclic) bond motifs is 2. The Balaban J connectivity index is 1.63. The molecule has 27 heavy (non-hydrogen) atoms. The van der Waals surface area contributed by atoms with Crippen LogP contribution in [-0.2, 0) is 0 Å². The topological polar surface area (TPSA) is 74.2 Å². The summed E-state index contributed by atoms with van der Waals surface area (Å²) in [4.78, 5) is 16.4. The summed E-state index contributed by atoms with van der Waals surface area (Å²) in [6, 6.07) is 13.8. The molecule has 2 N–H and O–H groups in total. The minimum atomic E-state index is 0.0527. The van der Waals surface area contributed by atoms with Crippen LogP contribution in [0.4, 0.5) is 5.69 Å². The van der Waals surface area contributed by atoms with Gasteiger partial charge in [-0.3, -0.25) is 9.98 Å². The molecule has 0 bridgehead atoms. The fourth-order valence-electron chi connectivity index (χ4n) is 3.12. The Hall–Kier alpha value is -3.51. The molecule has 0 aliphatic carbocycles. The van der Waals surface area contributed by atoms with Crippen molar-refractivity contribution in [3.8, 4) is 17.0 Å². The van der Waals surface area contributed by atoms with E-state index >= 15 is 0 Å². The standard InChI is InChI=1S/C21H14N4OS/c26-21-17(11-23-18-5-1-3-13-4-2-7-22-19(13)18)16-9-15(10-24-20(16)25-21)14-6-8-27-12-14/h1-12,26H,(H,24,25). The highest BCUT2D eigenvalue weighted by molar-refractivity contribution is 7.08. The zero-order valence-corrected chi connectivity index (χ0v) is 14.9. The number of hydrogen-bond acceptors (Lipinski definition) is 5. The molecular weight excluding hydrogens is 356 g/mol. The van der Waals surface area contributed by atoms with Gasteiger partial charge < -0.3 is 10.1 Å². The van der Waals surface area contributed by atoms with Crippen molar-refractivity contribution in [1.82, 2.24) is 15.0 Å². The van der Waals surface area contributed by atoms with Crippen LogP contribution in [0.2, 0.25) is 0 Å². The molecule has 130 valence electrons. The lowest BCUT2D eigenvalue weighted by Crippen LogP contribution is -1.83. The van der Waals surface area contributed by atoms with E-state index in [0.29, 0.717) is 11.2 Å². The van der Waals surface area contributed by atoms with Crippen LogP contribution in [0.25, 0.3) is 33.1 Å².